The summed E-state index contributed by atoms with van der Waals surface area (Å²) in [6, 6.07) is 10.2. The summed E-state index contributed by atoms with van der Waals surface area (Å²) in [5, 5.41) is 31.1. The molecule has 0 saturated heterocycles. The van der Waals surface area contributed by atoms with Crippen LogP contribution in [0.2, 0.25) is 0 Å². The van der Waals surface area contributed by atoms with Crippen LogP contribution in [0.5, 0.6) is 5.75 Å². The van der Waals surface area contributed by atoms with Gasteiger partial charge in [0.2, 0.25) is 0 Å². The Hall–Kier alpha value is -3.33. The van der Waals surface area contributed by atoms with E-state index in [1.54, 1.807) is 12.1 Å². The van der Waals surface area contributed by atoms with Crippen LogP contribution < -0.4 is 9.97 Å². The fourth-order valence-electron chi connectivity index (χ4n) is 2.83. The molecule has 1 heterocycles. The standard InChI is InChI=1S/C17H14BNO7/c20-15(10-5-1-2-6-11(10)16(21)22)19-13-8-9-4-3-7-12(17(23)24)14(9)26-18(13)25/h1-7,13,25H,8H2,(H,19,20)(H,21,22)(H,23,24)/t13-/m0/s1. The third-order valence-electron chi connectivity index (χ3n) is 4.07. The smallest absolute Gasteiger partial charge is 0.534 e. The van der Waals surface area contributed by atoms with Crippen LogP contribution >= 0.6 is 0 Å². The topological polar surface area (TPSA) is 133 Å². The fraction of sp³-hybridized carbons (Fsp3) is 0.118. The summed E-state index contributed by atoms with van der Waals surface area (Å²) in [4.78, 5) is 34.9. The molecule has 0 saturated carbocycles. The summed E-state index contributed by atoms with van der Waals surface area (Å²) >= 11 is 0. The number of nitrogens with one attached hydrogen (secondary N) is 1. The SMILES string of the molecule is O=C(O)c1ccccc1C(=O)N[C@H]1Cc2cccc(C(=O)O)c2OB1O. The molecule has 4 N–H and O–H groups in total. The van der Waals surface area contributed by atoms with Gasteiger partial charge in [-0.3, -0.25) is 4.79 Å². The van der Waals surface area contributed by atoms with Crippen molar-refractivity contribution < 1.29 is 34.3 Å². The minimum absolute atomic E-state index is 0.0442. The molecular weight excluding hydrogens is 341 g/mol. The third kappa shape index (κ3) is 3.24. The van der Waals surface area contributed by atoms with Crippen molar-refractivity contribution >= 4 is 25.0 Å². The van der Waals surface area contributed by atoms with Gasteiger partial charge in [0.15, 0.2) is 0 Å². The molecule has 1 aliphatic rings. The van der Waals surface area contributed by atoms with Gasteiger partial charge in [-0.25, -0.2) is 9.59 Å². The number of carboxylic acid groups (broad SMARTS) is 2. The van der Waals surface area contributed by atoms with Crippen LogP contribution in [0.3, 0.4) is 0 Å². The van der Waals surface area contributed by atoms with E-state index in [0.29, 0.717) is 5.56 Å². The van der Waals surface area contributed by atoms with E-state index in [1.807, 2.05) is 0 Å². The summed E-state index contributed by atoms with van der Waals surface area (Å²) in [7, 11) is -1.47. The van der Waals surface area contributed by atoms with Gasteiger partial charge in [-0.05, 0) is 30.2 Å². The predicted octanol–water partition coefficient (Wildman–Crippen LogP) is 0.836. The minimum Gasteiger partial charge on any atom is -0.534 e. The molecule has 3 rings (SSSR count). The van der Waals surface area contributed by atoms with Gasteiger partial charge in [-0.15, -0.1) is 0 Å². The molecule has 0 spiro atoms. The molecule has 26 heavy (non-hydrogen) atoms. The molecule has 0 unspecified atom stereocenters. The van der Waals surface area contributed by atoms with E-state index in [-0.39, 0.29) is 28.9 Å². The Morgan fingerprint density at radius 1 is 0.962 bits per heavy atom. The molecule has 0 fully saturated rings. The van der Waals surface area contributed by atoms with Crippen LogP contribution in [0, 0.1) is 0 Å². The van der Waals surface area contributed by atoms with E-state index in [4.69, 9.17) is 4.65 Å². The van der Waals surface area contributed by atoms with Crippen LogP contribution in [0.4, 0.5) is 0 Å². The second-order valence-electron chi connectivity index (χ2n) is 5.74. The Bertz CT molecular complexity index is 898. The lowest BCUT2D eigenvalue weighted by molar-refractivity contribution is 0.0683. The minimum atomic E-state index is -1.47. The van der Waals surface area contributed by atoms with Gasteiger partial charge in [-0.1, -0.05) is 24.3 Å². The quantitative estimate of drug-likeness (QED) is 0.597. The molecule has 0 bridgehead atoms. The van der Waals surface area contributed by atoms with Crippen LogP contribution in [0.1, 0.15) is 36.6 Å². The second kappa shape index (κ2) is 6.89. The van der Waals surface area contributed by atoms with Gasteiger partial charge in [0, 0.05) is 0 Å². The highest BCUT2D eigenvalue weighted by Gasteiger charge is 2.38. The lowest BCUT2D eigenvalue weighted by Gasteiger charge is -2.29. The number of aromatic carboxylic acids is 2. The van der Waals surface area contributed by atoms with Crippen molar-refractivity contribution in [3.63, 3.8) is 0 Å². The van der Waals surface area contributed by atoms with Gasteiger partial charge >= 0.3 is 19.1 Å². The monoisotopic (exact) mass is 355 g/mol. The highest BCUT2D eigenvalue weighted by atomic mass is 16.5. The van der Waals surface area contributed by atoms with E-state index in [1.165, 1.54) is 30.3 Å². The first-order valence-corrected chi connectivity index (χ1v) is 7.71. The largest absolute Gasteiger partial charge is 0.547 e. The van der Waals surface area contributed by atoms with Crippen molar-refractivity contribution in [2.24, 2.45) is 0 Å². The Morgan fingerprint density at radius 3 is 2.23 bits per heavy atom. The molecule has 0 radical (unpaired) electrons. The number of amides is 1. The number of benzene rings is 2. The van der Waals surface area contributed by atoms with Crippen molar-refractivity contribution in [3.8, 4) is 5.75 Å². The van der Waals surface area contributed by atoms with E-state index < -0.39 is 30.9 Å². The molecule has 2 aromatic carbocycles. The zero-order valence-corrected chi connectivity index (χ0v) is 13.4. The van der Waals surface area contributed by atoms with Gasteiger partial charge in [0.25, 0.3) is 5.91 Å². The summed E-state index contributed by atoms with van der Waals surface area (Å²) in [5.74, 6) is -3.90. The third-order valence-corrected chi connectivity index (χ3v) is 4.07. The Labute approximate surface area is 148 Å². The average molecular weight is 355 g/mol. The van der Waals surface area contributed by atoms with Crippen LogP contribution in [-0.2, 0) is 6.42 Å². The maximum absolute atomic E-state index is 12.4. The Morgan fingerprint density at radius 2 is 1.58 bits per heavy atom. The lowest BCUT2D eigenvalue weighted by atomic mass is 9.72. The predicted molar refractivity (Wildman–Crippen MR) is 90.4 cm³/mol. The molecule has 1 aliphatic heterocycles. The van der Waals surface area contributed by atoms with Crippen molar-refractivity contribution in [2.45, 2.75) is 12.4 Å². The summed E-state index contributed by atoms with van der Waals surface area (Å²) in [6.07, 6.45) is 0.137. The maximum atomic E-state index is 12.4. The summed E-state index contributed by atoms with van der Waals surface area (Å²) < 4.78 is 5.29. The van der Waals surface area contributed by atoms with E-state index in [0.717, 1.165) is 0 Å². The molecular formula is C17H14BNO7. The zero-order valence-electron chi connectivity index (χ0n) is 13.4. The number of hydrogen-bond donors (Lipinski definition) is 4. The van der Waals surface area contributed by atoms with E-state index in [2.05, 4.69) is 5.32 Å². The Kier molecular flexibility index (Phi) is 4.64. The first-order valence-electron chi connectivity index (χ1n) is 7.71. The van der Waals surface area contributed by atoms with E-state index in [9.17, 15) is 29.6 Å². The number of hydrogen-bond acceptors (Lipinski definition) is 5. The zero-order chi connectivity index (χ0) is 18.8. The number of carbonyl (C=O) groups is 3. The summed E-state index contributed by atoms with van der Waals surface area (Å²) in [6.45, 7) is 0. The number of carbonyl (C=O) groups excluding carboxylic acids is 1. The molecule has 1 amide bonds. The molecule has 8 nitrogen and oxygen atoms in total. The van der Waals surface area contributed by atoms with Gasteiger partial charge in [-0.2, -0.15) is 0 Å². The number of para-hydroxylation sites is 1. The molecule has 1 atom stereocenters. The first-order chi connectivity index (χ1) is 12.4. The Balaban J connectivity index is 1.84. The van der Waals surface area contributed by atoms with E-state index >= 15 is 0 Å². The molecule has 2 aromatic rings. The lowest BCUT2D eigenvalue weighted by Crippen LogP contribution is -2.53. The van der Waals surface area contributed by atoms with Crippen LogP contribution in [-0.4, -0.2) is 46.1 Å². The average Bonchev–Trinajstić information content (AvgIpc) is 2.61. The van der Waals surface area contributed by atoms with Crippen molar-refractivity contribution in [2.75, 3.05) is 0 Å². The first kappa shape index (κ1) is 17.5. The fourth-order valence-corrected chi connectivity index (χ4v) is 2.83. The number of carboxylic acids is 2. The number of rotatable bonds is 4. The van der Waals surface area contributed by atoms with Crippen LogP contribution in [0.25, 0.3) is 0 Å². The molecule has 0 aliphatic carbocycles. The van der Waals surface area contributed by atoms with Crippen molar-refractivity contribution in [1.29, 1.82) is 0 Å². The highest BCUT2D eigenvalue weighted by Crippen LogP contribution is 2.30. The van der Waals surface area contributed by atoms with Crippen LogP contribution in [0.15, 0.2) is 42.5 Å². The van der Waals surface area contributed by atoms with Gasteiger partial charge in [0.05, 0.1) is 22.6 Å². The molecule has 9 heteroatoms. The van der Waals surface area contributed by atoms with Crippen molar-refractivity contribution in [1.82, 2.24) is 5.32 Å². The maximum Gasteiger partial charge on any atom is 0.547 e. The van der Waals surface area contributed by atoms with Gasteiger partial charge in [0.1, 0.15) is 5.75 Å². The highest BCUT2D eigenvalue weighted by molar-refractivity contribution is 6.47. The second-order valence-corrected chi connectivity index (χ2v) is 5.74. The number of fused-ring (bicyclic) bond motifs is 1. The molecule has 0 aromatic heterocycles. The molecule has 132 valence electrons. The van der Waals surface area contributed by atoms with Crippen molar-refractivity contribution in [3.05, 3.63) is 64.7 Å². The summed E-state index contributed by atoms with van der Waals surface area (Å²) in [5.41, 5.74) is 0.233. The normalized spacial score (nSPS) is 15.6. The van der Waals surface area contributed by atoms with Gasteiger partial charge < -0.3 is 25.2 Å².